The number of halogens is 1. The molecule has 0 aromatic heterocycles. The fourth-order valence-corrected chi connectivity index (χ4v) is 4.41. The maximum absolute atomic E-state index is 12.9. The summed E-state index contributed by atoms with van der Waals surface area (Å²) in [6, 6.07) is 7.03. The smallest absolute Gasteiger partial charge is 0.155 e. The summed E-state index contributed by atoms with van der Waals surface area (Å²) in [6.07, 6.45) is 0.402. The molecule has 0 saturated heterocycles. The van der Waals surface area contributed by atoms with Gasteiger partial charge in [0.15, 0.2) is 9.84 Å². The Morgan fingerprint density at radius 2 is 2.00 bits per heavy atom. The van der Waals surface area contributed by atoms with Crippen molar-refractivity contribution in [2.24, 2.45) is 5.41 Å². The molecule has 0 unspecified atom stereocenters. The maximum Gasteiger partial charge on any atom is 0.155 e. The summed E-state index contributed by atoms with van der Waals surface area (Å²) in [6.45, 7) is 1.47. The number of carbonyl (C=O) groups excluding carboxylic acids is 1. The first-order valence-corrected chi connectivity index (χ1v) is 7.49. The molecule has 1 aliphatic rings. The van der Waals surface area contributed by atoms with Gasteiger partial charge in [-0.25, -0.2) is 12.8 Å². The Hall–Kier alpha value is -1.74. The van der Waals surface area contributed by atoms with E-state index in [1.54, 1.807) is 0 Å². The number of sulfone groups is 1. The lowest BCUT2D eigenvalue weighted by atomic mass is 10.0. The van der Waals surface area contributed by atoms with Crippen LogP contribution in [0.4, 0.5) is 4.39 Å². The molecule has 1 aliphatic carbocycles. The number of hydrogen-bond donors (Lipinski definition) is 0. The van der Waals surface area contributed by atoms with E-state index in [1.807, 2.05) is 6.07 Å². The Labute approximate surface area is 110 Å². The molecule has 100 valence electrons. The van der Waals surface area contributed by atoms with Crippen molar-refractivity contribution in [3.8, 4) is 6.07 Å². The minimum atomic E-state index is -3.51. The standard InChI is InChI=1S/C13H12FNO3S/c1-2-19(17,18)12-11(13(12,7-15)8-16)9-3-5-10(14)6-4-9/h3-6,8,11-12H,2H2,1H3/t11-,12+,13+/m0/s1. The number of aldehydes is 1. The first kappa shape index (κ1) is 13.7. The normalized spacial score (nSPS) is 29.5. The summed E-state index contributed by atoms with van der Waals surface area (Å²) in [7, 11) is -3.51. The lowest BCUT2D eigenvalue weighted by molar-refractivity contribution is -0.110. The largest absolute Gasteiger partial charge is 0.302 e. The molecule has 0 radical (unpaired) electrons. The molecule has 0 spiro atoms. The third-order valence-electron chi connectivity index (χ3n) is 3.59. The highest BCUT2D eigenvalue weighted by Crippen LogP contribution is 2.61. The van der Waals surface area contributed by atoms with Crippen LogP contribution in [0.3, 0.4) is 0 Å². The van der Waals surface area contributed by atoms with Crippen molar-refractivity contribution in [2.45, 2.75) is 18.1 Å². The fourth-order valence-electron chi connectivity index (χ4n) is 2.48. The molecule has 0 aliphatic heterocycles. The monoisotopic (exact) mass is 281 g/mol. The van der Waals surface area contributed by atoms with Crippen LogP contribution in [0.2, 0.25) is 0 Å². The molecule has 2 rings (SSSR count). The predicted octanol–water partition coefficient (Wildman–Crippen LogP) is 1.44. The summed E-state index contributed by atoms with van der Waals surface area (Å²) in [5.74, 6) is -1.29. The van der Waals surface area contributed by atoms with Crippen LogP contribution in [0.15, 0.2) is 24.3 Å². The average molecular weight is 281 g/mol. The van der Waals surface area contributed by atoms with Crippen LogP contribution in [-0.4, -0.2) is 25.7 Å². The molecule has 0 amide bonds. The zero-order valence-corrected chi connectivity index (χ0v) is 11.0. The quantitative estimate of drug-likeness (QED) is 0.782. The Kier molecular flexibility index (Phi) is 3.19. The van der Waals surface area contributed by atoms with Gasteiger partial charge in [0, 0.05) is 11.7 Å². The molecule has 0 N–H and O–H groups in total. The van der Waals surface area contributed by atoms with Gasteiger partial charge in [0.2, 0.25) is 0 Å². The predicted molar refractivity (Wildman–Crippen MR) is 66.5 cm³/mol. The van der Waals surface area contributed by atoms with Crippen LogP contribution in [-0.2, 0) is 14.6 Å². The first-order chi connectivity index (χ1) is 8.93. The summed E-state index contributed by atoms with van der Waals surface area (Å²) in [5.41, 5.74) is -1.04. The van der Waals surface area contributed by atoms with Gasteiger partial charge in [-0.15, -0.1) is 0 Å². The van der Waals surface area contributed by atoms with Crippen molar-refractivity contribution in [1.29, 1.82) is 5.26 Å². The van der Waals surface area contributed by atoms with Crippen LogP contribution >= 0.6 is 0 Å². The van der Waals surface area contributed by atoms with E-state index in [0.29, 0.717) is 11.8 Å². The van der Waals surface area contributed by atoms with Crippen LogP contribution in [0.5, 0.6) is 0 Å². The number of hydrogen-bond acceptors (Lipinski definition) is 4. The van der Waals surface area contributed by atoms with E-state index in [9.17, 15) is 17.6 Å². The van der Waals surface area contributed by atoms with Crippen molar-refractivity contribution in [3.05, 3.63) is 35.6 Å². The molecular formula is C13H12FNO3S. The van der Waals surface area contributed by atoms with Gasteiger partial charge in [-0.3, -0.25) is 0 Å². The molecule has 1 saturated carbocycles. The Bertz CT molecular complexity index is 647. The second-order valence-electron chi connectivity index (χ2n) is 4.56. The number of carbonyl (C=O) groups is 1. The van der Waals surface area contributed by atoms with Crippen molar-refractivity contribution < 1.29 is 17.6 Å². The zero-order valence-electron chi connectivity index (χ0n) is 10.2. The molecule has 1 aromatic rings. The van der Waals surface area contributed by atoms with E-state index < -0.39 is 32.2 Å². The summed E-state index contributed by atoms with van der Waals surface area (Å²) in [4.78, 5) is 11.2. The second-order valence-corrected chi connectivity index (χ2v) is 6.97. The third kappa shape index (κ3) is 1.94. The van der Waals surface area contributed by atoms with Crippen molar-refractivity contribution >= 4 is 16.1 Å². The lowest BCUT2D eigenvalue weighted by Gasteiger charge is -1.99. The molecule has 19 heavy (non-hydrogen) atoms. The first-order valence-electron chi connectivity index (χ1n) is 5.77. The van der Waals surface area contributed by atoms with Gasteiger partial charge in [0.05, 0.1) is 11.3 Å². The van der Waals surface area contributed by atoms with Crippen molar-refractivity contribution in [1.82, 2.24) is 0 Å². The molecule has 4 nitrogen and oxygen atoms in total. The van der Waals surface area contributed by atoms with Crippen molar-refractivity contribution in [3.63, 3.8) is 0 Å². The van der Waals surface area contributed by atoms with Gasteiger partial charge in [-0.05, 0) is 17.7 Å². The number of nitriles is 1. The van der Waals surface area contributed by atoms with E-state index in [2.05, 4.69) is 0 Å². The second kappa shape index (κ2) is 4.42. The Balaban J connectivity index is 2.49. The molecule has 1 fully saturated rings. The number of rotatable bonds is 4. The van der Waals surface area contributed by atoms with Crippen LogP contribution in [0.1, 0.15) is 18.4 Å². The SMILES string of the molecule is CCS(=O)(=O)[C@@H]1[C@H](c2ccc(F)cc2)[C@@]1(C#N)C=O. The lowest BCUT2D eigenvalue weighted by Crippen LogP contribution is -2.17. The topological polar surface area (TPSA) is 75.0 Å². The van der Waals surface area contributed by atoms with E-state index >= 15 is 0 Å². The average Bonchev–Trinajstić information content (AvgIpc) is 3.10. The molecular weight excluding hydrogens is 269 g/mol. The van der Waals surface area contributed by atoms with E-state index in [4.69, 9.17) is 5.26 Å². The maximum atomic E-state index is 12.9. The minimum Gasteiger partial charge on any atom is -0.302 e. The van der Waals surface area contributed by atoms with Gasteiger partial charge in [0.25, 0.3) is 0 Å². The van der Waals surface area contributed by atoms with Gasteiger partial charge in [-0.1, -0.05) is 19.1 Å². The van der Waals surface area contributed by atoms with Gasteiger partial charge in [-0.2, -0.15) is 5.26 Å². The van der Waals surface area contributed by atoms with Gasteiger partial charge in [0.1, 0.15) is 17.5 Å². The van der Waals surface area contributed by atoms with E-state index in [-0.39, 0.29) is 5.75 Å². The van der Waals surface area contributed by atoms with E-state index in [1.165, 1.54) is 31.2 Å². The summed E-state index contributed by atoms with van der Waals surface area (Å²) >= 11 is 0. The number of benzene rings is 1. The molecule has 1 aromatic carbocycles. The Morgan fingerprint density at radius 3 is 2.42 bits per heavy atom. The van der Waals surface area contributed by atoms with Crippen LogP contribution in [0.25, 0.3) is 0 Å². The number of nitrogens with zero attached hydrogens (tertiary/aromatic N) is 1. The summed E-state index contributed by atoms with van der Waals surface area (Å²) < 4.78 is 36.8. The molecule has 0 heterocycles. The zero-order chi connectivity index (χ0) is 14.3. The third-order valence-corrected chi connectivity index (χ3v) is 5.83. The fraction of sp³-hybridized carbons (Fsp3) is 0.385. The van der Waals surface area contributed by atoms with E-state index in [0.717, 1.165) is 0 Å². The molecule has 0 bridgehead atoms. The van der Waals surface area contributed by atoms with Crippen LogP contribution in [0, 0.1) is 22.6 Å². The van der Waals surface area contributed by atoms with Crippen molar-refractivity contribution in [2.75, 3.05) is 5.75 Å². The Morgan fingerprint density at radius 1 is 1.42 bits per heavy atom. The highest BCUT2D eigenvalue weighted by atomic mass is 32.2. The molecule has 3 atom stereocenters. The summed E-state index contributed by atoms with van der Waals surface area (Å²) in [5, 5.41) is 8.12. The van der Waals surface area contributed by atoms with Crippen LogP contribution < -0.4 is 0 Å². The highest BCUT2D eigenvalue weighted by molar-refractivity contribution is 7.92. The highest BCUT2D eigenvalue weighted by Gasteiger charge is 2.72. The molecule has 6 heteroatoms. The minimum absolute atomic E-state index is 0.132. The van der Waals surface area contributed by atoms with Gasteiger partial charge < -0.3 is 4.79 Å². The van der Waals surface area contributed by atoms with Gasteiger partial charge >= 0.3 is 0 Å².